The number of rotatable bonds is 3. The van der Waals surface area contributed by atoms with Crippen molar-refractivity contribution in [3.8, 4) is 0 Å². The highest BCUT2D eigenvalue weighted by Gasteiger charge is 2.06. The number of hydrogen-bond donors (Lipinski definition) is 0. The zero-order chi connectivity index (χ0) is 9.84. The van der Waals surface area contributed by atoms with E-state index in [1.807, 2.05) is 0 Å². The van der Waals surface area contributed by atoms with Gasteiger partial charge < -0.3 is 0 Å². The molecule has 0 aliphatic heterocycles. The number of benzene rings is 1. The smallest absolute Gasteiger partial charge is 0.162 e. The number of alkyl halides is 1. The third kappa shape index (κ3) is 2.28. The highest BCUT2D eigenvalue weighted by molar-refractivity contribution is 6.31. The van der Waals surface area contributed by atoms with Gasteiger partial charge in [-0.2, -0.15) is 0 Å². The Morgan fingerprint density at radius 1 is 1.54 bits per heavy atom. The van der Waals surface area contributed by atoms with Crippen molar-refractivity contribution < 1.29 is 9.18 Å². The molecule has 0 fully saturated rings. The fraction of sp³-hybridized carbons (Fsp3) is 0.300. The molecule has 1 aromatic carbocycles. The molecular weight excluding hydrogens is 191 g/mol. The maximum absolute atomic E-state index is 12.2. The first-order valence-electron chi connectivity index (χ1n) is 4.06. The molecule has 1 aromatic rings. The van der Waals surface area contributed by atoms with E-state index in [-0.39, 0.29) is 5.78 Å². The summed E-state index contributed by atoms with van der Waals surface area (Å²) in [6, 6.07) is 4.67. The molecule has 0 N–H and O–H groups in total. The molecule has 3 heteroatoms. The third-order valence-corrected chi connectivity index (χ3v) is 2.19. The van der Waals surface area contributed by atoms with Crippen LogP contribution in [0.15, 0.2) is 18.2 Å². The molecule has 0 saturated carbocycles. The summed E-state index contributed by atoms with van der Waals surface area (Å²) in [4.78, 5) is 11.2. The van der Waals surface area contributed by atoms with Gasteiger partial charge in [0, 0.05) is 22.6 Å². The molecule has 0 aliphatic carbocycles. The zero-order valence-corrected chi connectivity index (χ0v) is 8.07. The van der Waals surface area contributed by atoms with Crippen molar-refractivity contribution in [2.24, 2.45) is 0 Å². The maximum atomic E-state index is 12.2. The average molecular weight is 201 g/mol. The van der Waals surface area contributed by atoms with E-state index in [0.717, 1.165) is 0 Å². The van der Waals surface area contributed by atoms with Crippen molar-refractivity contribution in [3.63, 3.8) is 0 Å². The molecule has 13 heavy (non-hydrogen) atoms. The first-order chi connectivity index (χ1) is 6.19. The van der Waals surface area contributed by atoms with E-state index in [2.05, 4.69) is 0 Å². The minimum absolute atomic E-state index is 0.0207. The summed E-state index contributed by atoms with van der Waals surface area (Å²) in [5, 5.41) is 0.321. The van der Waals surface area contributed by atoms with E-state index in [9.17, 15) is 9.18 Å². The van der Waals surface area contributed by atoms with Gasteiger partial charge in [0.2, 0.25) is 0 Å². The molecule has 0 bridgehead atoms. The summed E-state index contributed by atoms with van der Waals surface area (Å²) >= 11 is 5.74. The molecule has 0 spiro atoms. The lowest BCUT2D eigenvalue weighted by Gasteiger charge is -2.01. The molecule has 0 amide bonds. The molecule has 1 rings (SSSR count). The quantitative estimate of drug-likeness (QED) is 0.684. The fourth-order valence-electron chi connectivity index (χ4n) is 1.03. The first kappa shape index (κ1) is 10.2. The molecule has 1 nitrogen and oxygen atoms in total. The normalized spacial score (nSPS) is 10.1. The minimum atomic E-state index is -0.598. The Balaban J connectivity index is 3.02. The molecule has 70 valence electrons. The van der Waals surface area contributed by atoms with Crippen LogP contribution in [0.25, 0.3) is 0 Å². The topological polar surface area (TPSA) is 17.1 Å². The Morgan fingerprint density at radius 3 is 2.69 bits per heavy atom. The number of halogens is 2. The van der Waals surface area contributed by atoms with E-state index < -0.39 is 6.67 Å². The Labute approximate surface area is 81.5 Å². The lowest BCUT2D eigenvalue weighted by atomic mass is 10.1. The van der Waals surface area contributed by atoms with Crippen LogP contribution in [0.5, 0.6) is 0 Å². The summed E-state index contributed by atoms with van der Waals surface area (Å²) in [6.45, 7) is 1.18. The first-order valence-corrected chi connectivity index (χ1v) is 4.44. The van der Waals surface area contributed by atoms with Crippen LogP contribution in [0.3, 0.4) is 0 Å². The second-order valence-electron chi connectivity index (χ2n) is 2.72. The van der Waals surface area contributed by atoms with Crippen LogP contribution in [0.1, 0.15) is 29.3 Å². The average Bonchev–Trinajstić information content (AvgIpc) is 2.16. The summed E-state index contributed by atoms with van der Waals surface area (Å²) < 4.78 is 12.2. The molecular formula is C10H10ClFO. The SMILES string of the molecule is CCC(=O)c1ccc(CF)c(Cl)c1. The van der Waals surface area contributed by atoms with Crippen LogP contribution in [-0.4, -0.2) is 5.78 Å². The van der Waals surface area contributed by atoms with E-state index >= 15 is 0 Å². The Bertz CT molecular complexity index is 323. The standard InChI is InChI=1S/C10H10ClFO/c1-2-10(13)7-3-4-8(6-12)9(11)5-7/h3-5H,2,6H2,1H3. The van der Waals surface area contributed by atoms with Crippen LogP contribution in [0, 0.1) is 0 Å². The molecule has 0 saturated heterocycles. The number of ketones is 1. The lowest BCUT2D eigenvalue weighted by molar-refractivity contribution is 0.0988. The maximum Gasteiger partial charge on any atom is 0.162 e. The highest BCUT2D eigenvalue weighted by atomic mass is 35.5. The van der Waals surface area contributed by atoms with Crippen LogP contribution in [0.2, 0.25) is 5.02 Å². The van der Waals surface area contributed by atoms with E-state index in [4.69, 9.17) is 11.6 Å². The van der Waals surface area contributed by atoms with Gasteiger partial charge in [0.25, 0.3) is 0 Å². The van der Waals surface area contributed by atoms with Gasteiger partial charge in [-0.3, -0.25) is 4.79 Å². The van der Waals surface area contributed by atoms with Crippen molar-refractivity contribution >= 4 is 17.4 Å². The largest absolute Gasteiger partial charge is 0.294 e. The Kier molecular flexibility index (Phi) is 3.43. The lowest BCUT2D eigenvalue weighted by Crippen LogP contribution is -1.96. The molecule has 0 aromatic heterocycles. The van der Waals surface area contributed by atoms with Gasteiger partial charge in [-0.25, -0.2) is 4.39 Å². The number of carbonyl (C=O) groups is 1. The summed E-state index contributed by atoms with van der Waals surface area (Å²) in [6.07, 6.45) is 0.436. The van der Waals surface area contributed by atoms with Crippen LogP contribution in [0.4, 0.5) is 4.39 Å². The van der Waals surface area contributed by atoms with Gasteiger partial charge in [0.1, 0.15) is 6.67 Å². The predicted molar refractivity (Wildman–Crippen MR) is 50.9 cm³/mol. The fourth-order valence-corrected chi connectivity index (χ4v) is 1.26. The number of Topliss-reactive ketones (excluding diaryl/α,β-unsaturated/α-hetero) is 1. The van der Waals surface area contributed by atoms with E-state index in [0.29, 0.717) is 22.6 Å². The van der Waals surface area contributed by atoms with Gasteiger partial charge in [-0.1, -0.05) is 30.7 Å². The van der Waals surface area contributed by atoms with Crippen molar-refractivity contribution in [1.29, 1.82) is 0 Å². The molecule has 0 aliphatic rings. The second kappa shape index (κ2) is 4.38. The summed E-state index contributed by atoms with van der Waals surface area (Å²) in [5.41, 5.74) is 0.971. The summed E-state index contributed by atoms with van der Waals surface area (Å²) in [7, 11) is 0. The van der Waals surface area contributed by atoms with Gasteiger partial charge in [-0.05, 0) is 6.07 Å². The monoisotopic (exact) mass is 200 g/mol. The van der Waals surface area contributed by atoms with E-state index in [1.165, 1.54) is 6.07 Å². The number of hydrogen-bond acceptors (Lipinski definition) is 1. The molecule has 0 atom stereocenters. The zero-order valence-electron chi connectivity index (χ0n) is 7.31. The van der Waals surface area contributed by atoms with Gasteiger partial charge in [0.05, 0.1) is 0 Å². The van der Waals surface area contributed by atoms with Crippen LogP contribution < -0.4 is 0 Å². The van der Waals surface area contributed by atoms with Crippen molar-refractivity contribution in [2.45, 2.75) is 20.0 Å². The number of carbonyl (C=O) groups excluding carboxylic acids is 1. The Hall–Kier alpha value is -0.890. The summed E-state index contributed by atoms with van der Waals surface area (Å²) in [5.74, 6) is 0.0207. The second-order valence-corrected chi connectivity index (χ2v) is 3.12. The van der Waals surface area contributed by atoms with Crippen molar-refractivity contribution in [3.05, 3.63) is 34.3 Å². The molecule has 0 heterocycles. The van der Waals surface area contributed by atoms with Crippen molar-refractivity contribution in [2.75, 3.05) is 0 Å². The predicted octanol–water partition coefficient (Wildman–Crippen LogP) is 3.40. The highest BCUT2D eigenvalue weighted by Crippen LogP contribution is 2.19. The van der Waals surface area contributed by atoms with Crippen LogP contribution in [-0.2, 0) is 6.67 Å². The minimum Gasteiger partial charge on any atom is -0.294 e. The van der Waals surface area contributed by atoms with E-state index in [1.54, 1.807) is 19.1 Å². The molecule has 0 unspecified atom stereocenters. The van der Waals surface area contributed by atoms with Gasteiger partial charge in [0.15, 0.2) is 5.78 Å². The third-order valence-electron chi connectivity index (χ3n) is 1.84. The van der Waals surface area contributed by atoms with Gasteiger partial charge >= 0.3 is 0 Å². The molecule has 0 radical (unpaired) electrons. The van der Waals surface area contributed by atoms with Crippen LogP contribution >= 0.6 is 11.6 Å². The van der Waals surface area contributed by atoms with Gasteiger partial charge in [-0.15, -0.1) is 0 Å². The Morgan fingerprint density at radius 2 is 2.23 bits per heavy atom. The van der Waals surface area contributed by atoms with Crippen molar-refractivity contribution in [1.82, 2.24) is 0 Å².